The Hall–Kier alpha value is -2.85. The molecule has 0 spiro atoms. The molecule has 0 saturated heterocycles. The van der Waals surface area contributed by atoms with Gasteiger partial charge in [0.25, 0.3) is 5.56 Å². The topological polar surface area (TPSA) is 99.5 Å². The number of nitrogens with one attached hydrogen (secondary N) is 1. The molecule has 0 radical (unpaired) electrons. The number of Topliss-reactive ketones (excluding diaryl/α,β-unsaturated/α-hetero) is 1. The fourth-order valence-electron chi connectivity index (χ4n) is 2.97. The Balaban J connectivity index is 1.54. The molecule has 150 valence electrons. The van der Waals surface area contributed by atoms with E-state index < -0.39 is 0 Å². The second-order valence-corrected chi connectivity index (χ2v) is 8.08. The van der Waals surface area contributed by atoms with E-state index in [1.54, 1.807) is 22.8 Å². The van der Waals surface area contributed by atoms with Crippen molar-refractivity contribution in [2.24, 2.45) is 0 Å². The van der Waals surface area contributed by atoms with Crippen LogP contribution in [0.25, 0.3) is 10.2 Å². The summed E-state index contributed by atoms with van der Waals surface area (Å²) in [4.78, 5) is 41.5. The van der Waals surface area contributed by atoms with Gasteiger partial charge in [-0.05, 0) is 31.4 Å². The number of carbonyl (C=O) groups is 2. The van der Waals surface area contributed by atoms with E-state index in [2.05, 4.69) is 10.3 Å². The van der Waals surface area contributed by atoms with Gasteiger partial charge in [0, 0.05) is 18.2 Å². The minimum atomic E-state index is -0.321. The standard InChI is InChI=1S/C19H17N3O5S2/c1-3-22-18(25)17-12(4-5-28-17)21-19(22)29-8-16(24)20-13-7-15-14(26-9-27-15)6-11(13)10(2)23/h4-7H,3,8-9H2,1-2H3,(H,20,24). The second kappa shape index (κ2) is 7.88. The molecule has 29 heavy (non-hydrogen) atoms. The fraction of sp³-hybridized carbons (Fsp3) is 0.263. The maximum Gasteiger partial charge on any atom is 0.272 e. The lowest BCUT2D eigenvalue weighted by Gasteiger charge is -2.12. The van der Waals surface area contributed by atoms with Crippen molar-refractivity contribution >= 4 is 50.7 Å². The molecule has 0 saturated carbocycles. The lowest BCUT2D eigenvalue weighted by molar-refractivity contribution is -0.113. The number of hydrogen-bond donors (Lipinski definition) is 1. The third-order valence-corrected chi connectivity index (χ3v) is 6.21. The Kier molecular flexibility index (Phi) is 5.29. The predicted octanol–water partition coefficient (Wildman–Crippen LogP) is 3.14. The minimum absolute atomic E-state index is 0.0356. The first-order chi connectivity index (χ1) is 14.0. The highest BCUT2D eigenvalue weighted by Crippen LogP contribution is 2.37. The molecule has 1 amide bonds. The van der Waals surface area contributed by atoms with E-state index in [1.807, 2.05) is 12.3 Å². The quantitative estimate of drug-likeness (QED) is 0.364. The van der Waals surface area contributed by atoms with Gasteiger partial charge in [-0.25, -0.2) is 4.98 Å². The van der Waals surface area contributed by atoms with Crippen LogP contribution in [-0.2, 0) is 11.3 Å². The molecule has 8 nitrogen and oxygen atoms in total. The molecule has 0 unspecified atom stereocenters. The van der Waals surface area contributed by atoms with E-state index in [-0.39, 0.29) is 29.8 Å². The number of thioether (sulfide) groups is 1. The van der Waals surface area contributed by atoms with Crippen LogP contribution < -0.4 is 20.3 Å². The molecule has 1 aliphatic heterocycles. The largest absolute Gasteiger partial charge is 0.454 e. The molecular formula is C19H17N3O5S2. The number of anilines is 1. The van der Waals surface area contributed by atoms with E-state index in [0.29, 0.717) is 44.7 Å². The summed E-state index contributed by atoms with van der Waals surface area (Å²) in [7, 11) is 0. The van der Waals surface area contributed by atoms with Crippen molar-refractivity contribution in [1.82, 2.24) is 9.55 Å². The van der Waals surface area contributed by atoms with Gasteiger partial charge in [0.05, 0.1) is 17.0 Å². The van der Waals surface area contributed by atoms with Crippen molar-refractivity contribution < 1.29 is 19.1 Å². The predicted molar refractivity (Wildman–Crippen MR) is 111 cm³/mol. The first-order valence-electron chi connectivity index (χ1n) is 8.83. The molecule has 2 aromatic heterocycles. The van der Waals surface area contributed by atoms with Crippen LogP contribution in [0.15, 0.2) is 33.5 Å². The summed E-state index contributed by atoms with van der Waals surface area (Å²) >= 11 is 2.53. The molecule has 1 N–H and O–H groups in total. The highest BCUT2D eigenvalue weighted by molar-refractivity contribution is 7.99. The molecule has 1 aromatic carbocycles. The van der Waals surface area contributed by atoms with E-state index in [0.717, 1.165) is 0 Å². The molecule has 0 bridgehead atoms. The molecule has 3 heterocycles. The van der Waals surface area contributed by atoms with Gasteiger partial charge in [0.2, 0.25) is 12.7 Å². The molecule has 0 fully saturated rings. The molecular weight excluding hydrogens is 414 g/mol. The number of nitrogens with zero attached hydrogens (tertiary/aromatic N) is 2. The Morgan fingerprint density at radius 1 is 1.31 bits per heavy atom. The minimum Gasteiger partial charge on any atom is -0.454 e. The van der Waals surface area contributed by atoms with Crippen LogP contribution in [0.2, 0.25) is 0 Å². The Bertz CT molecular complexity index is 1180. The Morgan fingerprint density at radius 3 is 2.79 bits per heavy atom. The highest BCUT2D eigenvalue weighted by Gasteiger charge is 2.21. The summed E-state index contributed by atoms with van der Waals surface area (Å²) in [5.41, 5.74) is 1.23. The van der Waals surface area contributed by atoms with Crippen LogP contribution in [0.5, 0.6) is 11.5 Å². The number of thiophene rings is 1. The van der Waals surface area contributed by atoms with Crippen LogP contribution in [0.3, 0.4) is 0 Å². The molecule has 1 aliphatic rings. The van der Waals surface area contributed by atoms with Crippen LogP contribution in [0.4, 0.5) is 5.69 Å². The van der Waals surface area contributed by atoms with Crippen LogP contribution in [0.1, 0.15) is 24.2 Å². The van der Waals surface area contributed by atoms with E-state index in [4.69, 9.17) is 9.47 Å². The zero-order valence-electron chi connectivity index (χ0n) is 15.7. The second-order valence-electron chi connectivity index (χ2n) is 6.22. The highest BCUT2D eigenvalue weighted by atomic mass is 32.2. The van der Waals surface area contributed by atoms with E-state index in [9.17, 15) is 14.4 Å². The van der Waals surface area contributed by atoms with Gasteiger partial charge in [0.15, 0.2) is 22.4 Å². The Morgan fingerprint density at radius 2 is 2.07 bits per heavy atom. The molecule has 3 aromatic rings. The van der Waals surface area contributed by atoms with Gasteiger partial charge < -0.3 is 14.8 Å². The monoisotopic (exact) mass is 431 g/mol. The Labute approximate surface area is 173 Å². The SMILES string of the molecule is CCn1c(SCC(=O)Nc2cc3c(cc2C(C)=O)OCO3)nc2ccsc2c1=O. The molecule has 0 atom stereocenters. The number of hydrogen-bond acceptors (Lipinski definition) is 8. The normalized spacial score (nSPS) is 12.3. The van der Waals surface area contributed by atoms with Crippen molar-refractivity contribution in [3.8, 4) is 11.5 Å². The zero-order chi connectivity index (χ0) is 20.5. The van der Waals surface area contributed by atoms with Crippen LogP contribution in [-0.4, -0.2) is 33.8 Å². The van der Waals surface area contributed by atoms with Crippen molar-refractivity contribution in [1.29, 1.82) is 0 Å². The van der Waals surface area contributed by atoms with Gasteiger partial charge in [0.1, 0.15) is 4.70 Å². The summed E-state index contributed by atoms with van der Waals surface area (Å²) < 4.78 is 12.8. The molecule has 10 heteroatoms. The number of fused-ring (bicyclic) bond motifs is 2. The summed E-state index contributed by atoms with van der Waals surface area (Å²) in [6.07, 6.45) is 0. The first-order valence-corrected chi connectivity index (χ1v) is 10.7. The number of ketones is 1. The first kappa shape index (κ1) is 19.5. The zero-order valence-corrected chi connectivity index (χ0v) is 17.3. The molecule has 4 rings (SSSR count). The maximum absolute atomic E-state index is 12.6. The average Bonchev–Trinajstić information content (AvgIpc) is 3.34. The summed E-state index contributed by atoms with van der Waals surface area (Å²) in [6.45, 7) is 3.81. The van der Waals surface area contributed by atoms with Gasteiger partial charge in [-0.1, -0.05) is 11.8 Å². The maximum atomic E-state index is 12.6. The van der Waals surface area contributed by atoms with Crippen molar-refractivity contribution in [2.45, 2.75) is 25.5 Å². The van der Waals surface area contributed by atoms with Gasteiger partial charge in [-0.2, -0.15) is 0 Å². The summed E-state index contributed by atoms with van der Waals surface area (Å²) in [5.74, 6) is 0.466. The number of ether oxygens (including phenoxy) is 2. The third kappa shape index (κ3) is 3.73. The van der Waals surface area contributed by atoms with Crippen molar-refractivity contribution in [3.63, 3.8) is 0 Å². The lowest BCUT2D eigenvalue weighted by atomic mass is 10.1. The van der Waals surface area contributed by atoms with E-state index >= 15 is 0 Å². The van der Waals surface area contributed by atoms with Crippen molar-refractivity contribution in [2.75, 3.05) is 17.9 Å². The summed E-state index contributed by atoms with van der Waals surface area (Å²) in [5, 5.41) is 5.05. The lowest BCUT2D eigenvalue weighted by Crippen LogP contribution is -2.23. The van der Waals surface area contributed by atoms with Crippen LogP contribution >= 0.6 is 23.1 Å². The number of aromatic nitrogens is 2. The number of rotatable bonds is 6. The van der Waals surface area contributed by atoms with E-state index in [1.165, 1.54) is 30.0 Å². The number of benzene rings is 1. The van der Waals surface area contributed by atoms with Gasteiger partial charge in [-0.15, -0.1) is 11.3 Å². The molecule has 0 aliphatic carbocycles. The summed E-state index contributed by atoms with van der Waals surface area (Å²) in [6, 6.07) is 4.94. The van der Waals surface area contributed by atoms with Gasteiger partial charge >= 0.3 is 0 Å². The number of carbonyl (C=O) groups excluding carboxylic acids is 2. The van der Waals surface area contributed by atoms with Crippen LogP contribution in [0, 0.1) is 0 Å². The smallest absolute Gasteiger partial charge is 0.272 e. The van der Waals surface area contributed by atoms with Gasteiger partial charge in [-0.3, -0.25) is 19.0 Å². The van der Waals surface area contributed by atoms with Crippen molar-refractivity contribution in [3.05, 3.63) is 39.5 Å². The number of amides is 1. The third-order valence-electron chi connectivity index (χ3n) is 4.35. The average molecular weight is 431 g/mol. The fourth-order valence-corrected chi connectivity index (χ4v) is 4.61.